The monoisotopic (exact) mass is 308 g/mol. The van der Waals surface area contributed by atoms with Crippen molar-refractivity contribution in [3.63, 3.8) is 0 Å². The lowest BCUT2D eigenvalue weighted by Crippen LogP contribution is -2.14. The van der Waals surface area contributed by atoms with Crippen molar-refractivity contribution in [1.82, 2.24) is 9.97 Å². The predicted octanol–water partition coefficient (Wildman–Crippen LogP) is 3.58. The van der Waals surface area contributed by atoms with E-state index in [4.69, 9.17) is 0 Å². The van der Waals surface area contributed by atoms with Gasteiger partial charge in [-0.2, -0.15) is 13.2 Å². The van der Waals surface area contributed by atoms with Crippen LogP contribution in [0.2, 0.25) is 0 Å². The first-order valence-electron chi connectivity index (χ1n) is 6.37. The molecule has 0 aromatic carbocycles. The first-order chi connectivity index (χ1) is 9.33. The van der Waals surface area contributed by atoms with Crippen LogP contribution >= 0.6 is 11.8 Å². The number of aromatic nitrogens is 2. The number of nitrogens with one attached hydrogen (secondary N) is 2. The fraction of sp³-hybridized carbons (Fsp3) is 0.667. The molecule has 1 aromatic heterocycles. The summed E-state index contributed by atoms with van der Waals surface area (Å²) in [6.45, 7) is 6.64. The molecule has 0 aliphatic rings. The maximum Gasteiger partial charge on any atom is 0.441 e. The molecule has 1 heterocycles. The zero-order chi connectivity index (χ0) is 15.2. The van der Waals surface area contributed by atoms with E-state index in [1.807, 2.05) is 13.8 Å². The number of aryl methyl sites for hydroxylation is 1. The van der Waals surface area contributed by atoms with E-state index in [-0.39, 0.29) is 24.1 Å². The summed E-state index contributed by atoms with van der Waals surface area (Å²) >= 11 is -0.0406. The minimum absolute atomic E-state index is 0.0406. The van der Waals surface area contributed by atoms with Gasteiger partial charge in [0.05, 0.1) is 0 Å². The highest BCUT2D eigenvalue weighted by Gasteiger charge is 2.27. The maximum atomic E-state index is 12.0. The van der Waals surface area contributed by atoms with E-state index in [1.165, 1.54) is 0 Å². The number of nitrogens with zero attached hydrogens (tertiary/aromatic N) is 2. The van der Waals surface area contributed by atoms with Gasteiger partial charge in [0, 0.05) is 24.4 Å². The minimum Gasteiger partial charge on any atom is -0.370 e. The van der Waals surface area contributed by atoms with Gasteiger partial charge in [0.15, 0.2) is 0 Å². The molecule has 2 N–H and O–H groups in total. The molecule has 0 fully saturated rings. The molecular weight excluding hydrogens is 289 g/mol. The average Bonchev–Trinajstić information content (AvgIpc) is 2.35. The molecule has 0 bridgehead atoms. The van der Waals surface area contributed by atoms with Crippen molar-refractivity contribution in [2.75, 3.05) is 29.5 Å². The van der Waals surface area contributed by atoms with Gasteiger partial charge in [-0.3, -0.25) is 0 Å². The average molecular weight is 308 g/mol. The normalized spacial score (nSPS) is 11.5. The van der Waals surface area contributed by atoms with Crippen molar-refractivity contribution in [3.05, 3.63) is 11.4 Å². The number of rotatable bonds is 7. The summed E-state index contributed by atoms with van der Waals surface area (Å²) in [4.78, 5) is 8.51. The maximum absolute atomic E-state index is 12.0. The van der Waals surface area contributed by atoms with Crippen LogP contribution in [0.5, 0.6) is 0 Å². The zero-order valence-electron chi connectivity index (χ0n) is 11.8. The van der Waals surface area contributed by atoms with E-state index >= 15 is 0 Å². The van der Waals surface area contributed by atoms with Crippen LogP contribution in [0.15, 0.2) is 0 Å². The Kier molecular flexibility index (Phi) is 6.38. The molecule has 8 heteroatoms. The van der Waals surface area contributed by atoms with Crippen LogP contribution in [0.4, 0.5) is 24.8 Å². The van der Waals surface area contributed by atoms with Crippen molar-refractivity contribution in [3.8, 4) is 0 Å². The third-order valence-electron chi connectivity index (χ3n) is 2.46. The standard InChI is InChI=1S/C12H19F3N4S/c1-4-5-16-10-8(2)11(19-9(3)18-10)17-6-7-20-12(13,14)15/h4-7H2,1-3H3,(H2,16,17,18,19). The number of hydrogen-bond donors (Lipinski definition) is 2. The van der Waals surface area contributed by atoms with Crippen LogP contribution in [-0.4, -0.2) is 34.3 Å². The first-order valence-corrected chi connectivity index (χ1v) is 7.35. The Morgan fingerprint density at radius 1 is 1.05 bits per heavy atom. The van der Waals surface area contributed by atoms with Gasteiger partial charge >= 0.3 is 5.51 Å². The van der Waals surface area contributed by atoms with Crippen LogP contribution in [0.25, 0.3) is 0 Å². The molecule has 0 saturated heterocycles. The van der Waals surface area contributed by atoms with Crippen LogP contribution in [-0.2, 0) is 0 Å². The summed E-state index contributed by atoms with van der Waals surface area (Å²) < 4.78 is 36.1. The summed E-state index contributed by atoms with van der Waals surface area (Å²) in [6.07, 6.45) is 0.966. The Labute approximate surface area is 121 Å². The molecule has 0 atom stereocenters. The topological polar surface area (TPSA) is 49.8 Å². The highest BCUT2D eigenvalue weighted by Crippen LogP contribution is 2.29. The van der Waals surface area contributed by atoms with Crippen molar-refractivity contribution < 1.29 is 13.2 Å². The van der Waals surface area contributed by atoms with E-state index in [0.29, 0.717) is 11.6 Å². The summed E-state index contributed by atoms with van der Waals surface area (Å²) in [5, 5.41) is 6.11. The van der Waals surface area contributed by atoms with Gasteiger partial charge in [-0.15, -0.1) is 0 Å². The molecule has 0 amide bonds. The Morgan fingerprint density at radius 3 is 2.10 bits per heavy atom. The van der Waals surface area contributed by atoms with E-state index in [2.05, 4.69) is 20.6 Å². The summed E-state index contributed by atoms with van der Waals surface area (Å²) in [5.74, 6) is 1.84. The molecule has 0 radical (unpaired) electrons. The van der Waals surface area contributed by atoms with Gasteiger partial charge in [0.25, 0.3) is 0 Å². The first kappa shape index (κ1) is 16.9. The Balaban J connectivity index is 2.63. The molecule has 0 spiro atoms. The molecule has 4 nitrogen and oxygen atoms in total. The van der Waals surface area contributed by atoms with Crippen molar-refractivity contribution in [2.24, 2.45) is 0 Å². The van der Waals surface area contributed by atoms with E-state index in [1.54, 1.807) is 6.92 Å². The molecule has 0 saturated carbocycles. The number of alkyl halides is 3. The second kappa shape index (κ2) is 7.56. The van der Waals surface area contributed by atoms with Crippen LogP contribution < -0.4 is 10.6 Å². The largest absolute Gasteiger partial charge is 0.441 e. The lowest BCUT2D eigenvalue weighted by atomic mass is 10.3. The number of hydrogen-bond acceptors (Lipinski definition) is 5. The van der Waals surface area contributed by atoms with Crippen molar-refractivity contribution >= 4 is 23.4 Å². The molecule has 1 rings (SSSR count). The smallest absolute Gasteiger partial charge is 0.370 e. The Morgan fingerprint density at radius 2 is 1.60 bits per heavy atom. The van der Waals surface area contributed by atoms with Gasteiger partial charge in [-0.1, -0.05) is 6.92 Å². The Hall–Kier alpha value is -1.18. The molecule has 1 aromatic rings. The Bertz CT molecular complexity index is 437. The van der Waals surface area contributed by atoms with Crippen LogP contribution in [0.3, 0.4) is 0 Å². The molecule has 20 heavy (non-hydrogen) atoms. The quantitative estimate of drug-likeness (QED) is 0.754. The molecular formula is C12H19F3N4S. The van der Waals surface area contributed by atoms with E-state index in [9.17, 15) is 13.2 Å². The van der Waals surface area contributed by atoms with Crippen molar-refractivity contribution in [1.29, 1.82) is 0 Å². The van der Waals surface area contributed by atoms with E-state index < -0.39 is 5.51 Å². The highest BCUT2D eigenvalue weighted by atomic mass is 32.2. The lowest BCUT2D eigenvalue weighted by Gasteiger charge is -2.14. The van der Waals surface area contributed by atoms with Gasteiger partial charge < -0.3 is 10.6 Å². The number of halogens is 3. The fourth-order valence-corrected chi connectivity index (χ4v) is 1.99. The third kappa shape index (κ3) is 5.85. The summed E-state index contributed by atoms with van der Waals surface area (Å²) in [6, 6.07) is 0. The predicted molar refractivity (Wildman–Crippen MR) is 77.3 cm³/mol. The lowest BCUT2D eigenvalue weighted by molar-refractivity contribution is -0.0327. The molecule has 0 unspecified atom stereocenters. The molecule has 0 aliphatic carbocycles. The van der Waals surface area contributed by atoms with E-state index in [0.717, 1.165) is 24.3 Å². The second-order valence-corrected chi connectivity index (χ2v) is 5.40. The van der Waals surface area contributed by atoms with Gasteiger partial charge in [0.1, 0.15) is 17.5 Å². The van der Waals surface area contributed by atoms with Gasteiger partial charge in [-0.05, 0) is 32.0 Å². The second-order valence-electron chi connectivity index (χ2n) is 4.24. The SMILES string of the molecule is CCCNc1nc(C)nc(NCCSC(F)(F)F)c1C. The summed E-state index contributed by atoms with van der Waals surface area (Å²) in [5.41, 5.74) is -3.37. The summed E-state index contributed by atoms with van der Waals surface area (Å²) in [7, 11) is 0. The molecule has 114 valence electrons. The molecule has 0 aliphatic heterocycles. The van der Waals surface area contributed by atoms with Crippen LogP contribution in [0.1, 0.15) is 24.7 Å². The highest BCUT2D eigenvalue weighted by molar-refractivity contribution is 8.00. The van der Waals surface area contributed by atoms with Gasteiger partial charge in [0.2, 0.25) is 0 Å². The van der Waals surface area contributed by atoms with Gasteiger partial charge in [-0.25, -0.2) is 9.97 Å². The number of anilines is 2. The zero-order valence-corrected chi connectivity index (χ0v) is 12.6. The van der Waals surface area contributed by atoms with Crippen molar-refractivity contribution in [2.45, 2.75) is 32.7 Å². The minimum atomic E-state index is -4.19. The van der Waals surface area contributed by atoms with Crippen LogP contribution in [0, 0.1) is 13.8 Å². The number of thioether (sulfide) groups is 1. The third-order valence-corrected chi connectivity index (χ3v) is 3.20. The fourth-order valence-electron chi connectivity index (χ4n) is 1.55.